The molecular formula is C17H15N3O5S2. The summed E-state index contributed by atoms with van der Waals surface area (Å²) in [4.78, 5) is 15.1. The molecule has 0 atom stereocenters. The lowest BCUT2D eigenvalue weighted by molar-refractivity contribution is 0.0696. The van der Waals surface area contributed by atoms with E-state index in [4.69, 9.17) is 9.84 Å². The Hall–Kier alpha value is -3.11. The van der Waals surface area contributed by atoms with Gasteiger partial charge in [0.2, 0.25) is 0 Å². The largest absolute Gasteiger partial charge is 0.495 e. The molecule has 3 N–H and O–H groups in total. The molecule has 1 aromatic heterocycles. The highest BCUT2D eigenvalue weighted by atomic mass is 32.2. The number of thiazole rings is 1. The fourth-order valence-electron chi connectivity index (χ4n) is 2.19. The van der Waals surface area contributed by atoms with E-state index in [0.717, 1.165) is 17.0 Å². The van der Waals surface area contributed by atoms with Crippen LogP contribution in [-0.4, -0.2) is 31.6 Å². The Kier molecular flexibility index (Phi) is 5.28. The molecule has 10 heteroatoms. The van der Waals surface area contributed by atoms with Crippen LogP contribution >= 0.6 is 11.3 Å². The molecule has 0 saturated heterocycles. The van der Waals surface area contributed by atoms with Gasteiger partial charge in [0.15, 0.2) is 10.2 Å². The third kappa shape index (κ3) is 4.36. The molecule has 0 saturated carbocycles. The quantitative estimate of drug-likeness (QED) is 0.551. The molecule has 1 heterocycles. The number of hydrogen-bond donors (Lipinski definition) is 3. The van der Waals surface area contributed by atoms with Gasteiger partial charge in [-0.1, -0.05) is 18.2 Å². The van der Waals surface area contributed by atoms with Crippen LogP contribution in [0.4, 0.5) is 16.5 Å². The monoisotopic (exact) mass is 405 g/mol. The number of nitrogens with zero attached hydrogens (tertiary/aromatic N) is 1. The molecule has 0 aliphatic carbocycles. The van der Waals surface area contributed by atoms with E-state index < -0.39 is 16.0 Å². The lowest BCUT2D eigenvalue weighted by Gasteiger charge is -2.11. The van der Waals surface area contributed by atoms with Gasteiger partial charge in [0.05, 0.1) is 18.4 Å². The second-order valence-corrected chi connectivity index (χ2v) is 7.80. The summed E-state index contributed by atoms with van der Waals surface area (Å²) in [6.45, 7) is 0. The van der Waals surface area contributed by atoms with Crippen LogP contribution < -0.4 is 14.8 Å². The molecule has 3 rings (SSSR count). The van der Waals surface area contributed by atoms with Crippen LogP contribution in [-0.2, 0) is 10.0 Å². The Morgan fingerprint density at radius 3 is 2.59 bits per heavy atom. The van der Waals surface area contributed by atoms with Crippen molar-refractivity contribution in [1.82, 2.24) is 4.98 Å². The van der Waals surface area contributed by atoms with E-state index in [0.29, 0.717) is 5.13 Å². The van der Waals surface area contributed by atoms with Gasteiger partial charge in [0, 0.05) is 11.1 Å². The number of aromatic nitrogens is 1. The number of benzene rings is 2. The van der Waals surface area contributed by atoms with E-state index in [1.165, 1.54) is 30.7 Å². The fraction of sp³-hybridized carbons (Fsp3) is 0.0588. The van der Waals surface area contributed by atoms with E-state index in [9.17, 15) is 13.2 Å². The number of methoxy groups -OCH3 is 1. The van der Waals surface area contributed by atoms with Gasteiger partial charge >= 0.3 is 5.97 Å². The van der Waals surface area contributed by atoms with Crippen LogP contribution in [0, 0.1) is 0 Å². The van der Waals surface area contributed by atoms with Crippen LogP contribution in [0.5, 0.6) is 5.75 Å². The van der Waals surface area contributed by atoms with Crippen molar-refractivity contribution in [3.8, 4) is 5.75 Å². The molecule has 0 bridgehead atoms. The van der Waals surface area contributed by atoms with Crippen LogP contribution in [0.25, 0.3) is 0 Å². The van der Waals surface area contributed by atoms with E-state index in [-0.39, 0.29) is 22.0 Å². The lowest BCUT2D eigenvalue weighted by atomic mass is 10.2. The SMILES string of the molecule is COc1cc(C(=O)O)ccc1NS(=O)(=O)c1csc(Nc2ccccc2)n1. The first-order valence-electron chi connectivity index (χ1n) is 7.61. The van der Waals surface area contributed by atoms with Crippen molar-refractivity contribution in [2.24, 2.45) is 0 Å². The topological polar surface area (TPSA) is 118 Å². The predicted octanol–water partition coefficient (Wildman–Crippen LogP) is 3.39. The predicted molar refractivity (Wildman–Crippen MR) is 103 cm³/mol. The number of carboxylic acid groups (broad SMARTS) is 1. The molecule has 0 radical (unpaired) electrons. The molecule has 0 aliphatic heterocycles. The van der Waals surface area contributed by atoms with Gasteiger partial charge in [0.1, 0.15) is 5.75 Å². The fourth-order valence-corrected chi connectivity index (χ4v) is 4.27. The number of sulfonamides is 1. The molecule has 8 nitrogen and oxygen atoms in total. The zero-order chi connectivity index (χ0) is 19.4. The van der Waals surface area contributed by atoms with Crippen LogP contribution in [0.3, 0.4) is 0 Å². The van der Waals surface area contributed by atoms with Crippen molar-refractivity contribution in [3.05, 3.63) is 59.5 Å². The molecule has 0 aliphatic rings. The first kappa shape index (κ1) is 18.7. The van der Waals surface area contributed by atoms with Crippen molar-refractivity contribution in [2.75, 3.05) is 17.1 Å². The summed E-state index contributed by atoms with van der Waals surface area (Å²) in [5.74, 6) is -1.05. The molecule has 0 unspecified atom stereocenters. The zero-order valence-corrected chi connectivity index (χ0v) is 15.7. The number of para-hydroxylation sites is 1. The Morgan fingerprint density at radius 2 is 1.93 bits per heavy atom. The summed E-state index contributed by atoms with van der Waals surface area (Å²) >= 11 is 1.15. The van der Waals surface area contributed by atoms with E-state index in [1.807, 2.05) is 30.3 Å². The van der Waals surface area contributed by atoms with Crippen molar-refractivity contribution in [3.63, 3.8) is 0 Å². The minimum Gasteiger partial charge on any atom is -0.495 e. The number of nitrogens with one attached hydrogen (secondary N) is 2. The molecule has 3 aromatic rings. The second kappa shape index (κ2) is 7.64. The van der Waals surface area contributed by atoms with Gasteiger partial charge in [-0.3, -0.25) is 4.72 Å². The first-order chi connectivity index (χ1) is 12.9. The summed E-state index contributed by atoms with van der Waals surface area (Å²) in [7, 11) is -2.65. The lowest BCUT2D eigenvalue weighted by Crippen LogP contribution is -2.14. The molecular weight excluding hydrogens is 390 g/mol. The van der Waals surface area contributed by atoms with Gasteiger partial charge in [0.25, 0.3) is 10.0 Å². The number of ether oxygens (including phenoxy) is 1. The van der Waals surface area contributed by atoms with Crippen LogP contribution in [0.2, 0.25) is 0 Å². The first-order valence-corrected chi connectivity index (χ1v) is 9.97. The maximum absolute atomic E-state index is 12.6. The van der Waals surface area contributed by atoms with Crippen molar-refractivity contribution >= 4 is 43.8 Å². The molecule has 2 aromatic carbocycles. The Labute approximate surface area is 159 Å². The number of carboxylic acids is 1. The van der Waals surface area contributed by atoms with Gasteiger partial charge in [-0.05, 0) is 30.3 Å². The normalized spacial score (nSPS) is 11.0. The highest BCUT2D eigenvalue weighted by Gasteiger charge is 2.21. The molecule has 140 valence electrons. The number of anilines is 3. The molecule has 0 fully saturated rings. The summed E-state index contributed by atoms with van der Waals surface area (Å²) < 4.78 is 32.6. The summed E-state index contributed by atoms with van der Waals surface area (Å²) in [5.41, 5.74) is 0.889. The highest BCUT2D eigenvalue weighted by molar-refractivity contribution is 7.92. The van der Waals surface area contributed by atoms with Crippen molar-refractivity contribution in [1.29, 1.82) is 0 Å². The maximum atomic E-state index is 12.6. The summed E-state index contributed by atoms with van der Waals surface area (Å²) in [6, 6.07) is 13.1. The second-order valence-electron chi connectivity index (χ2n) is 5.31. The average molecular weight is 405 g/mol. The van der Waals surface area contributed by atoms with E-state index in [2.05, 4.69) is 15.0 Å². The molecule has 0 amide bonds. The van der Waals surface area contributed by atoms with Crippen molar-refractivity contribution < 1.29 is 23.1 Å². The molecule has 27 heavy (non-hydrogen) atoms. The minimum absolute atomic E-state index is 0.0159. The van der Waals surface area contributed by atoms with Gasteiger partial charge < -0.3 is 15.2 Å². The Morgan fingerprint density at radius 1 is 1.19 bits per heavy atom. The zero-order valence-electron chi connectivity index (χ0n) is 14.0. The standard InChI is InChI=1S/C17H15N3O5S2/c1-25-14-9-11(16(21)22)7-8-13(14)20-27(23,24)15-10-26-17(19-15)18-12-5-3-2-4-6-12/h2-10,20H,1H3,(H,18,19)(H,21,22). The highest BCUT2D eigenvalue weighted by Crippen LogP contribution is 2.29. The number of aromatic carboxylic acids is 1. The number of hydrogen-bond acceptors (Lipinski definition) is 7. The van der Waals surface area contributed by atoms with E-state index in [1.54, 1.807) is 0 Å². The van der Waals surface area contributed by atoms with Crippen LogP contribution in [0.15, 0.2) is 58.9 Å². The number of rotatable bonds is 7. The third-order valence-electron chi connectivity index (χ3n) is 3.48. The summed E-state index contributed by atoms with van der Waals surface area (Å²) in [5, 5.41) is 13.7. The van der Waals surface area contributed by atoms with Gasteiger partial charge in [-0.2, -0.15) is 8.42 Å². The summed E-state index contributed by atoms with van der Waals surface area (Å²) in [6.07, 6.45) is 0. The molecule has 0 spiro atoms. The van der Waals surface area contributed by atoms with Crippen molar-refractivity contribution in [2.45, 2.75) is 5.03 Å². The Balaban J connectivity index is 1.82. The van der Waals surface area contributed by atoms with Gasteiger partial charge in [-0.25, -0.2) is 9.78 Å². The Bertz CT molecular complexity index is 1070. The average Bonchev–Trinajstić information content (AvgIpc) is 3.12. The smallest absolute Gasteiger partial charge is 0.335 e. The third-order valence-corrected chi connectivity index (χ3v) is 5.63. The number of carbonyl (C=O) groups is 1. The maximum Gasteiger partial charge on any atom is 0.335 e. The minimum atomic E-state index is -3.97. The van der Waals surface area contributed by atoms with Crippen LogP contribution in [0.1, 0.15) is 10.4 Å². The van der Waals surface area contributed by atoms with E-state index >= 15 is 0 Å². The van der Waals surface area contributed by atoms with Gasteiger partial charge in [-0.15, -0.1) is 11.3 Å².